The summed E-state index contributed by atoms with van der Waals surface area (Å²) in [6.07, 6.45) is 3.78. The van der Waals surface area contributed by atoms with E-state index in [0.29, 0.717) is 0 Å². The Balaban J connectivity index is 2.03. The van der Waals surface area contributed by atoms with Crippen molar-refractivity contribution in [3.05, 3.63) is 60.4 Å². The van der Waals surface area contributed by atoms with Crippen molar-refractivity contribution in [2.24, 2.45) is 0 Å². The number of aromatic nitrogens is 1. The van der Waals surface area contributed by atoms with Crippen LogP contribution in [0.4, 0.5) is 0 Å². The van der Waals surface area contributed by atoms with Crippen LogP contribution in [-0.4, -0.2) is 19.2 Å². The molecule has 1 aromatic heterocycles. The average molecular weight is 293 g/mol. The lowest BCUT2D eigenvalue weighted by atomic mass is 10.0. The molecule has 3 aromatic rings. The molecule has 0 saturated heterocycles. The highest BCUT2D eigenvalue weighted by Gasteiger charge is 2.07. The Morgan fingerprint density at radius 3 is 2.41 bits per heavy atom. The van der Waals surface area contributed by atoms with E-state index >= 15 is 0 Å². The van der Waals surface area contributed by atoms with Crippen LogP contribution in [0.15, 0.2) is 54.9 Å². The molecule has 0 spiro atoms. The molecule has 0 saturated carbocycles. The van der Waals surface area contributed by atoms with Gasteiger partial charge in [-0.3, -0.25) is 4.98 Å². The molecule has 0 aliphatic carbocycles. The topological polar surface area (TPSA) is 31.4 Å². The van der Waals surface area contributed by atoms with Crippen LogP contribution in [0.5, 0.6) is 5.75 Å². The Labute approximate surface area is 130 Å². The number of fused-ring (bicyclic) bond motifs is 1. The molecule has 0 N–H and O–H groups in total. The van der Waals surface area contributed by atoms with Crippen LogP contribution < -0.4 is 4.74 Å². The molecule has 0 bridgehead atoms. The number of ether oxygens (including phenoxy) is 2. The second kappa shape index (κ2) is 6.16. The van der Waals surface area contributed by atoms with Crippen LogP contribution in [0.3, 0.4) is 0 Å². The Bertz CT molecular complexity index is 798. The van der Waals surface area contributed by atoms with Gasteiger partial charge in [-0.1, -0.05) is 18.2 Å². The molecule has 0 aliphatic rings. The van der Waals surface area contributed by atoms with Crippen molar-refractivity contribution in [2.75, 3.05) is 14.2 Å². The summed E-state index contributed by atoms with van der Waals surface area (Å²) in [4.78, 5) is 4.34. The molecular weight excluding hydrogens is 274 g/mol. The fourth-order valence-electron chi connectivity index (χ4n) is 2.50. The summed E-state index contributed by atoms with van der Waals surface area (Å²) < 4.78 is 10.6. The summed E-state index contributed by atoms with van der Waals surface area (Å²) in [5, 5.41) is 2.35. The minimum absolute atomic E-state index is 0.0390. The molecule has 3 nitrogen and oxygen atoms in total. The Morgan fingerprint density at radius 1 is 0.864 bits per heavy atom. The van der Waals surface area contributed by atoms with E-state index in [9.17, 15) is 0 Å². The van der Waals surface area contributed by atoms with Crippen molar-refractivity contribution < 1.29 is 9.47 Å². The quantitative estimate of drug-likeness (QED) is 0.703. The lowest BCUT2D eigenvalue weighted by Gasteiger charge is -2.11. The molecule has 22 heavy (non-hydrogen) atoms. The van der Waals surface area contributed by atoms with Gasteiger partial charge in [0.1, 0.15) is 5.75 Å². The van der Waals surface area contributed by atoms with Gasteiger partial charge in [0.2, 0.25) is 0 Å². The Hall–Kier alpha value is -2.39. The van der Waals surface area contributed by atoms with Crippen LogP contribution in [-0.2, 0) is 4.74 Å². The molecule has 3 heteroatoms. The average Bonchev–Trinajstić information content (AvgIpc) is 2.60. The standard InChI is InChI=1S/C19H19NO2/c1-13(21-2)17-9-18(12-20-11-17)15-4-5-16-10-19(22-3)7-6-14(16)8-15/h4-13H,1-3H3. The number of benzene rings is 2. The number of pyridine rings is 1. The van der Waals surface area contributed by atoms with E-state index < -0.39 is 0 Å². The SMILES string of the molecule is COc1ccc2cc(-c3cncc(C(C)OC)c3)ccc2c1. The van der Waals surface area contributed by atoms with Gasteiger partial charge in [-0.05, 0) is 53.1 Å². The Morgan fingerprint density at radius 2 is 1.64 bits per heavy atom. The van der Waals surface area contributed by atoms with E-state index in [2.05, 4.69) is 35.3 Å². The first-order valence-electron chi connectivity index (χ1n) is 7.27. The van der Waals surface area contributed by atoms with Gasteiger partial charge < -0.3 is 9.47 Å². The second-order valence-corrected chi connectivity index (χ2v) is 5.31. The number of hydrogen-bond donors (Lipinski definition) is 0. The van der Waals surface area contributed by atoms with Gasteiger partial charge in [0, 0.05) is 25.1 Å². The van der Waals surface area contributed by atoms with Crippen molar-refractivity contribution in [3.8, 4) is 16.9 Å². The molecule has 3 rings (SSSR count). The number of rotatable bonds is 4. The van der Waals surface area contributed by atoms with E-state index in [1.54, 1.807) is 14.2 Å². The minimum atomic E-state index is 0.0390. The highest BCUT2D eigenvalue weighted by Crippen LogP contribution is 2.28. The fourth-order valence-corrected chi connectivity index (χ4v) is 2.50. The Kier molecular flexibility index (Phi) is 4.07. The number of hydrogen-bond acceptors (Lipinski definition) is 3. The van der Waals surface area contributed by atoms with Crippen LogP contribution in [0.2, 0.25) is 0 Å². The predicted molar refractivity (Wildman–Crippen MR) is 89.2 cm³/mol. The monoisotopic (exact) mass is 293 g/mol. The maximum Gasteiger partial charge on any atom is 0.119 e. The summed E-state index contributed by atoms with van der Waals surface area (Å²) in [7, 11) is 3.39. The summed E-state index contributed by atoms with van der Waals surface area (Å²) in [5.41, 5.74) is 3.32. The van der Waals surface area contributed by atoms with Crippen molar-refractivity contribution >= 4 is 10.8 Å². The number of methoxy groups -OCH3 is 2. The molecule has 0 radical (unpaired) electrons. The highest BCUT2D eigenvalue weighted by atomic mass is 16.5. The minimum Gasteiger partial charge on any atom is -0.497 e. The molecular formula is C19H19NO2. The highest BCUT2D eigenvalue weighted by molar-refractivity contribution is 5.88. The van der Waals surface area contributed by atoms with Gasteiger partial charge >= 0.3 is 0 Å². The van der Waals surface area contributed by atoms with Gasteiger partial charge in [0.05, 0.1) is 13.2 Å². The molecule has 0 aliphatic heterocycles. The van der Waals surface area contributed by atoms with Gasteiger partial charge in [-0.15, -0.1) is 0 Å². The third kappa shape index (κ3) is 2.81. The van der Waals surface area contributed by atoms with E-state index in [4.69, 9.17) is 9.47 Å². The third-order valence-electron chi connectivity index (χ3n) is 3.96. The first kappa shape index (κ1) is 14.5. The molecule has 0 amide bonds. The predicted octanol–water partition coefficient (Wildman–Crippen LogP) is 4.62. The first-order valence-corrected chi connectivity index (χ1v) is 7.27. The summed E-state index contributed by atoms with van der Waals surface area (Å²) in [6.45, 7) is 2.02. The van der Waals surface area contributed by atoms with Crippen molar-refractivity contribution in [3.63, 3.8) is 0 Å². The van der Waals surface area contributed by atoms with E-state index in [-0.39, 0.29) is 6.10 Å². The second-order valence-electron chi connectivity index (χ2n) is 5.31. The lowest BCUT2D eigenvalue weighted by Crippen LogP contribution is -1.96. The molecule has 1 heterocycles. The fraction of sp³-hybridized carbons (Fsp3) is 0.211. The summed E-state index contributed by atoms with van der Waals surface area (Å²) in [5.74, 6) is 0.873. The molecule has 112 valence electrons. The van der Waals surface area contributed by atoms with E-state index in [1.807, 2.05) is 31.5 Å². The molecule has 0 fully saturated rings. The van der Waals surface area contributed by atoms with Crippen LogP contribution in [0.1, 0.15) is 18.6 Å². The van der Waals surface area contributed by atoms with Crippen LogP contribution in [0, 0.1) is 0 Å². The zero-order valence-corrected chi connectivity index (χ0v) is 13.0. The van der Waals surface area contributed by atoms with Crippen LogP contribution >= 0.6 is 0 Å². The largest absolute Gasteiger partial charge is 0.497 e. The molecule has 1 atom stereocenters. The van der Waals surface area contributed by atoms with Gasteiger partial charge in [0.25, 0.3) is 0 Å². The smallest absolute Gasteiger partial charge is 0.119 e. The number of nitrogens with zero attached hydrogens (tertiary/aromatic N) is 1. The van der Waals surface area contributed by atoms with Crippen LogP contribution in [0.25, 0.3) is 21.9 Å². The molecule has 1 unspecified atom stereocenters. The van der Waals surface area contributed by atoms with Crippen molar-refractivity contribution in [1.82, 2.24) is 4.98 Å². The van der Waals surface area contributed by atoms with Crippen molar-refractivity contribution in [2.45, 2.75) is 13.0 Å². The van der Waals surface area contributed by atoms with Gasteiger partial charge in [0.15, 0.2) is 0 Å². The van der Waals surface area contributed by atoms with E-state index in [0.717, 1.165) is 27.8 Å². The lowest BCUT2D eigenvalue weighted by molar-refractivity contribution is 0.119. The maximum atomic E-state index is 5.37. The zero-order valence-electron chi connectivity index (χ0n) is 13.0. The normalized spacial score (nSPS) is 12.3. The zero-order chi connectivity index (χ0) is 15.5. The van der Waals surface area contributed by atoms with Crippen molar-refractivity contribution in [1.29, 1.82) is 0 Å². The maximum absolute atomic E-state index is 5.37. The first-order chi connectivity index (χ1) is 10.7. The summed E-state index contributed by atoms with van der Waals surface area (Å²) in [6, 6.07) is 14.6. The summed E-state index contributed by atoms with van der Waals surface area (Å²) >= 11 is 0. The van der Waals surface area contributed by atoms with Gasteiger partial charge in [-0.25, -0.2) is 0 Å². The third-order valence-corrected chi connectivity index (χ3v) is 3.96. The van der Waals surface area contributed by atoms with Gasteiger partial charge in [-0.2, -0.15) is 0 Å². The van der Waals surface area contributed by atoms with E-state index in [1.165, 1.54) is 5.39 Å². The molecule has 2 aromatic carbocycles.